The number of halogens is 1. The zero-order chi connectivity index (χ0) is 8.53. The van der Waals surface area contributed by atoms with Crippen LogP contribution in [0.1, 0.15) is 33.1 Å². The highest BCUT2D eigenvalue weighted by Crippen LogP contribution is 1.98. The molecule has 0 aromatic carbocycles. The minimum atomic E-state index is 0.764. The van der Waals surface area contributed by atoms with Crippen molar-refractivity contribution >= 4 is 11.6 Å². The predicted octanol–water partition coefficient (Wildman–Crippen LogP) is 2.74. The molecule has 0 unspecified atom stereocenters. The molecule has 0 aliphatic heterocycles. The van der Waals surface area contributed by atoms with Gasteiger partial charge in [0.1, 0.15) is 0 Å². The Bertz CT molecular complexity index is 76.0. The lowest BCUT2D eigenvalue weighted by Gasteiger charge is -2.18. The number of unbranched alkanes of at least 4 members (excludes halogenated alkanes) is 2. The van der Waals surface area contributed by atoms with Crippen LogP contribution in [-0.2, 0) is 0 Å². The third-order valence-corrected chi connectivity index (χ3v) is 2.09. The van der Waals surface area contributed by atoms with E-state index in [9.17, 15) is 0 Å². The molecule has 0 aliphatic carbocycles. The quantitative estimate of drug-likeness (QED) is 0.427. The van der Waals surface area contributed by atoms with E-state index < -0.39 is 0 Å². The molecule has 0 N–H and O–H groups in total. The fourth-order valence-corrected chi connectivity index (χ4v) is 1.37. The summed E-state index contributed by atoms with van der Waals surface area (Å²) in [5, 5.41) is 0. The van der Waals surface area contributed by atoms with E-state index in [1.807, 2.05) is 0 Å². The van der Waals surface area contributed by atoms with E-state index in [1.165, 1.54) is 25.8 Å². The van der Waals surface area contributed by atoms with Crippen molar-refractivity contribution in [1.82, 2.24) is 4.90 Å². The highest BCUT2D eigenvalue weighted by atomic mass is 35.5. The normalized spacial score (nSPS) is 10.9. The van der Waals surface area contributed by atoms with Crippen LogP contribution < -0.4 is 0 Å². The summed E-state index contributed by atoms with van der Waals surface area (Å²) in [5.41, 5.74) is 0. The second kappa shape index (κ2) is 8.35. The Balaban J connectivity index is 3.20. The first-order valence-corrected chi connectivity index (χ1v) is 5.16. The Hall–Kier alpha value is 0.250. The lowest BCUT2D eigenvalue weighted by Crippen LogP contribution is -2.26. The van der Waals surface area contributed by atoms with Gasteiger partial charge in [0.15, 0.2) is 0 Å². The zero-order valence-corrected chi connectivity index (χ0v) is 8.53. The Kier molecular flexibility index (Phi) is 8.54. The van der Waals surface area contributed by atoms with E-state index in [-0.39, 0.29) is 0 Å². The highest BCUT2D eigenvalue weighted by molar-refractivity contribution is 6.18. The zero-order valence-electron chi connectivity index (χ0n) is 7.77. The lowest BCUT2D eigenvalue weighted by atomic mass is 10.2. The first-order valence-electron chi connectivity index (χ1n) is 4.63. The number of nitrogens with zero attached hydrogens (tertiary/aromatic N) is 1. The molecule has 0 aromatic heterocycles. The summed E-state index contributed by atoms with van der Waals surface area (Å²) in [6.45, 7) is 7.82. The number of hydrogen-bond donors (Lipinski definition) is 0. The Morgan fingerprint density at radius 3 is 2.27 bits per heavy atom. The third kappa shape index (κ3) is 6.64. The summed E-state index contributed by atoms with van der Waals surface area (Å²) in [6.07, 6.45) is 3.97. The van der Waals surface area contributed by atoms with Gasteiger partial charge in [-0.2, -0.15) is 0 Å². The van der Waals surface area contributed by atoms with Crippen molar-refractivity contribution in [3.63, 3.8) is 0 Å². The number of hydrogen-bond acceptors (Lipinski definition) is 1. The van der Waals surface area contributed by atoms with Gasteiger partial charge in [0.25, 0.3) is 0 Å². The van der Waals surface area contributed by atoms with Crippen LogP contribution in [-0.4, -0.2) is 30.4 Å². The van der Waals surface area contributed by atoms with E-state index >= 15 is 0 Å². The van der Waals surface area contributed by atoms with Crippen molar-refractivity contribution < 1.29 is 0 Å². The average Bonchev–Trinajstić information content (AvgIpc) is 2.03. The van der Waals surface area contributed by atoms with Crippen LogP contribution in [0, 0.1) is 0 Å². The molecule has 0 atom stereocenters. The molecule has 0 amide bonds. The van der Waals surface area contributed by atoms with E-state index in [4.69, 9.17) is 11.6 Å². The van der Waals surface area contributed by atoms with Gasteiger partial charge in [-0.15, -0.1) is 11.6 Å². The van der Waals surface area contributed by atoms with Gasteiger partial charge in [-0.25, -0.2) is 0 Å². The minimum Gasteiger partial charge on any atom is -0.302 e. The van der Waals surface area contributed by atoms with Crippen LogP contribution in [0.4, 0.5) is 0 Å². The maximum absolute atomic E-state index is 5.65. The van der Waals surface area contributed by atoms with Gasteiger partial charge in [-0.3, -0.25) is 0 Å². The Morgan fingerprint density at radius 2 is 1.82 bits per heavy atom. The van der Waals surface area contributed by atoms with Gasteiger partial charge < -0.3 is 4.90 Å². The van der Waals surface area contributed by atoms with Crippen molar-refractivity contribution in [2.75, 3.05) is 25.5 Å². The van der Waals surface area contributed by atoms with Gasteiger partial charge in [0, 0.05) is 12.4 Å². The van der Waals surface area contributed by atoms with E-state index in [2.05, 4.69) is 18.7 Å². The molecule has 0 aliphatic rings. The molecule has 0 bridgehead atoms. The average molecular weight is 178 g/mol. The summed E-state index contributed by atoms with van der Waals surface area (Å²) in [4.78, 5) is 2.41. The summed E-state index contributed by atoms with van der Waals surface area (Å²) in [7, 11) is 0. The second-order valence-electron chi connectivity index (χ2n) is 2.83. The Morgan fingerprint density at radius 1 is 1.09 bits per heavy atom. The van der Waals surface area contributed by atoms with Crippen molar-refractivity contribution in [3.8, 4) is 0 Å². The summed E-state index contributed by atoms with van der Waals surface area (Å²) in [5.74, 6) is 0.764. The summed E-state index contributed by atoms with van der Waals surface area (Å²) in [6, 6.07) is 0. The van der Waals surface area contributed by atoms with E-state index in [1.54, 1.807) is 0 Å². The fourth-order valence-electron chi connectivity index (χ4n) is 1.13. The second-order valence-corrected chi connectivity index (χ2v) is 3.21. The minimum absolute atomic E-state index is 0.764. The maximum Gasteiger partial charge on any atom is 0.0351 e. The molecule has 0 radical (unpaired) electrons. The molecule has 11 heavy (non-hydrogen) atoms. The largest absolute Gasteiger partial charge is 0.302 e. The highest BCUT2D eigenvalue weighted by Gasteiger charge is 1.98. The molecule has 68 valence electrons. The van der Waals surface area contributed by atoms with Crippen LogP contribution in [0.15, 0.2) is 0 Å². The van der Waals surface area contributed by atoms with Crippen molar-refractivity contribution in [3.05, 3.63) is 0 Å². The van der Waals surface area contributed by atoms with Gasteiger partial charge in [-0.1, -0.05) is 26.7 Å². The fraction of sp³-hybridized carbons (Fsp3) is 1.00. The molecule has 1 nitrogen and oxygen atoms in total. The molecule has 0 saturated heterocycles. The molecule has 0 spiro atoms. The Labute approximate surface area is 75.7 Å². The molecule has 0 saturated carbocycles. The monoisotopic (exact) mass is 177 g/mol. The van der Waals surface area contributed by atoms with Crippen LogP contribution >= 0.6 is 11.6 Å². The molecule has 0 fully saturated rings. The maximum atomic E-state index is 5.65. The summed E-state index contributed by atoms with van der Waals surface area (Å²) < 4.78 is 0. The standard InChI is InChI=1S/C9H20ClN/c1-3-5-6-8-11(4-2)9-7-10/h3-9H2,1-2H3. The first-order chi connectivity index (χ1) is 5.35. The topological polar surface area (TPSA) is 3.24 Å². The van der Waals surface area contributed by atoms with E-state index in [0.717, 1.165) is 19.0 Å². The molecular weight excluding hydrogens is 158 g/mol. The molecule has 2 heteroatoms. The van der Waals surface area contributed by atoms with Gasteiger partial charge in [-0.05, 0) is 19.5 Å². The molecular formula is C9H20ClN. The van der Waals surface area contributed by atoms with Crippen LogP contribution in [0.25, 0.3) is 0 Å². The van der Waals surface area contributed by atoms with Gasteiger partial charge >= 0.3 is 0 Å². The third-order valence-electron chi connectivity index (χ3n) is 1.93. The smallest absolute Gasteiger partial charge is 0.0351 e. The molecule has 0 heterocycles. The SMILES string of the molecule is CCCCCN(CC)CCCl. The van der Waals surface area contributed by atoms with Crippen LogP contribution in [0.5, 0.6) is 0 Å². The van der Waals surface area contributed by atoms with E-state index in [0.29, 0.717) is 0 Å². The van der Waals surface area contributed by atoms with Crippen LogP contribution in [0.2, 0.25) is 0 Å². The summed E-state index contributed by atoms with van der Waals surface area (Å²) >= 11 is 5.65. The van der Waals surface area contributed by atoms with Crippen molar-refractivity contribution in [2.24, 2.45) is 0 Å². The van der Waals surface area contributed by atoms with Crippen molar-refractivity contribution in [1.29, 1.82) is 0 Å². The van der Waals surface area contributed by atoms with Gasteiger partial charge in [0.05, 0.1) is 0 Å². The van der Waals surface area contributed by atoms with Crippen LogP contribution in [0.3, 0.4) is 0 Å². The molecule has 0 aromatic rings. The molecule has 0 rings (SSSR count). The number of rotatable bonds is 7. The predicted molar refractivity (Wildman–Crippen MR) is 52.4 cm³/mol. The van der Waals surface area contributed by atoms with Crippen molar-refractivity contribution in [2.45, 2.75) is 33.1 Å². The van der Waals surface area contributed by atoms with Gasteiger partial charge in [0.2, 0.25) is 0 Å². The lowest BCUT2D eigenvalue weighted by molar-refractivity contribution is 0.298. The first kappa shape index (κ1) is 11.2. The number of alkyl halides is 1.